The van der Waals surface area contributed by atoms with Crippen molar-refractivity contribution < 1.29 is 4.79 Å². The molecule has 1 N–H and O–H groups in total. The minimum atomic E-state index is -0.295. The molecule has 1 aliphatic rings. The van der Waals surface area contributed by atoms with Gasteiger partial charge in [-0.25, -0.2) is 0 Å². The van der Waals surface area contributed by atoms with E-state index < -0.39 is 0 Å². The number of likely N-dealkylation sites (N-methyl/N-ethyl adjacent to an activating group) is 1. The zero-order valence-electron chi connectivity index (χ0n) is 14.2. The van der Waals surface area contributed by atoms with Gasteiger partial charge in [-0.3, -0.25) is 9.48 Å². The molecule has 0 radical (unpaired) electrons. The number of aryl methyl sites for hydroxylation is 1. The summed E-state index contributed by atoms with van der Waals surface area (Å²) in [6, 6.07) is 4.04. The number of carbonyl (C=O) groups is 1. The van der Waals surface area contributed by atoms with Gasteiger partial charge < -0.3 is 10.2 Å². The number of carbonyl (C=O) groups excluding carboxylic acids is 1. The van der Waals surface area contributed by atoms with Crippen LogP contribution < -0.4 is 5.32 Å². The van der Waals surface area contributed by atoms with E-state index in [1.165, 1.54) is 19.3 Å². The number of hydrogen-bond donors (Lipinski definition) is 1. The summed E-state index contributed by atoms with van der Waals surface area (Å²) in [7, 11) is 0. The van der Waals surface area contributed by atoms with Crippen molar-refractivity contribution in [2.45, 2.75) is 71.0 Å². The van der Waals surface area contributed by atoms with E-state index in [0.717, 1.165) is 19.4 Å². The van der Waals surface area contributed by atoms with E-state index in [4.69, 9.17) is 5.26 Å². The van der Waals surface area contributed by atoms with Crippen molar-refractivity contribution in [1.82, 2.24) is 14.7 Å². The first-order chi connectivity index (χ1) is 11.2. The van der Waals surface area contributed by atoms with Gasteiger partial charge in [-0.2, -0.15) is 10.4 Å². The summed E-state index contributed by atoms with van der Waals surface area (Å²) in [6.07, 6.45) is 8.23. The van der Waals surface area contributed by atoms with Crippen molar-refractivity contribution in [2.24, 2.45) is 0 Å². The number of hydrogen-bond acceptors (Lipinski definition) is 4. The standard InChI is InChI=1S/C17H27N5O/c1-3-22(15-8-5-4-6-9-15)17(23)14(2)19-16-10-13-21(20-16)12-7-11-18/h10,13-15H,3-9,12H2,1-2H3,(H,19,20)/t14-/m1/s1. The molecule has 0 saturated heterocycles. The van der Waals surface area contributed by atoms with Gasteiger partial charge in [0.1, 0.15) is 11.9 Å². The predicted molar refractivity (Wildman–Crippen MR) is 89.8 cm³/mol. The maximum atomic E-state index is 12.7. The molecule has 6 nitrogen and oxygen atoms in total. The summed E-state index contributed by atoms with van der Waals surface area (Å²) in [4.78, 5) is 14.8. The van der Waals surface area contributed by atoms with Crippen molar-refractivity contribution in [2.75, 3.05) is 11.9 Å². The fourth-order valence-electron chi connectivity index (χ4n) is 3.25. The molecule has 126 valence electrons. The summed E-state index contributed by atoms with van der Waals surface area (Å²) in [6.45, 7) is 5.27. The molecule has 1 atom stereocenters. The lowest BCUT2D eigenvalue weighted by Crippen LogP contribution is -2.47. The number of aromatic nitrogens is 2. The second kappa shape index (κ2) is 8.56. The number of nitrogens with one attached hydrogen (secondary N) is 1. The lowest BCUT2D eigenvalue weighted by molar-refractivity contribution is -0.134. The number of amides is 1. The van der Waals surface area contributed by atoms with E-state index in [-0.39, 0.29) is 11.9 Å². The van der Waals surface area contributed by atoms with Gasteiger partial charge in [-0.1, -0.05) is 19.3 Å². The van der Waals surface area contributed by atoms with Gasteiger partial charge in [0.2, 0.25) is 5.91 Å². The van der Waals surface area contributed by atoms with Crippen molar-refractivity contribution in [1.29, 1.82) is 5.26 Å². The molecule has 23 heavy (non-hydrogen) atoms. The summed E-state index contributed by atoms with van der Waals surface area (Å²) in [5.41, 5.74) is 0. The van der Waals surface area contributed by atoms with Crippen LogP contribution in [0.2, 0.25) is 0 Å². The van der Waals surface area contributed by atoms with Crippen molar-refractivity contribution in [3.05, 3.63) is 12.3 Å². The molecule has 1 aromatic heterocycles. The quantitative estimate of drug-likeness (QED) is 0.839. The van der Waals surface area contributed by atoms with Gasteiger partial charge in [0.25, 0.3) is 0 Å². The molecular formula is C17H27N5O. The Balaban J connectivity index is 1.92. The van der Waals surface area contributed by atoms with Gasteiger partial charge in [0, 0.05) is 24.8 Å². The third-order valence-electron chi connectivity index (χ3n) is 4.47. The van der Waals surface area contributed by atoms with E-state index in [0.29, 0.717) is 24.8 Å². The predicted octanol–water partition coefficient (Wildman–Crippen LogP) is 2.78. The number of anilines is 1. The third kappa shape index (κ3) is 4.72. The van der Waals surface area contributed by atoms with Crippen LogP contribution in [-0.2, 0) is 11.3 Å². The average Bonchev–Trinajstić information content (AvgIpc) is 3.02. The second-order valence-corrected chi connectivity index (χ2v) is 6.15. The highest BCUT2D eigenvalue weighted by molar-refractivity contribution is 5.84. The molecule has 0 aliphatic heterocycles. The summed E-state index contributed by atoms with van der Waals surface area (Å²) < 4.78 is 1.72. The molecule has 1 amide bonds. The van der Waals surface area contributed by atoms with Gasteiger partial charge in [-0.15, -0.1) is 0 Å². The molecule has 0 spiro atoms. The smallest absolute Gasteiger partial charge is 0.245 e. The van der Waals surface area contributed by atoms with Crippen LogP contribution in [0.4, 0.5) is 5.82 Å². The molecule has 6 heteroatoms. The molecule has 1 fully saturated rings. The van der Waals surface area contributed by atoms with Crippen LogP contribution in [0.3, 0.4) is 0 Å². The summed E-state index contributed by atoms with van der Waals surface area (Å²) in [5, 5.41) is 16.1. The lowest BCUT2D eigenvalue weighted by Gasteiger charge is -2.35. The summed E-state index contributed by atoms with van der Waals surface area (Å²) in [5.74, 6) is 0.828. The zero-order chi connectivity index (χ0) is 16.7. The second-order valence-electron chi connectivity index (χ2n) is 6.15. The van der Waals surface area contributed by atoms with Crippen LogP contribution in [0.5, 0.6) is 0 Å². The van der Waals surface area contributed by atoms with E-state index >= 15 is 0 Å². The van der Waals surface area contributed by atoms with Gasteiger partial charge in [0.05, 0.1) is 19.0 Å². The minimum Gasteiger partial charge on any atom is -0.357 e. The van der Waals surface area contributed by atoms with Crippen molar-refractivity contribution in [3.63, 3.8) is 0 Å². The Morgan fingerprint density at radius 3 is 2.91 bits per heavy atom. The molecule has 1 saturated carbocycles. The number of rotatable bonds is 7. The molecule has 1 aromatic rings. The van der Waals surface area contributed by atoms with Crippen LogP contribution in [0.1, 0.15) is 52.4 Å². The Hall–Kier alpha value is -2.03. The van der Waals surface area contributed by atoms with Crippen LogP contribution in [0, 0.1) is 11.3 Å². The van der Waals surface area contributed by atoms with Crippen molar-refractivity contribution >= 4 is 11.7 Å². The Kier molecular flexibility index (Phi) is 6.45. The van der Waals surface area contributed by atoms with Crippen LogP contribution in [0.15, 0.2) is 12.3 Å². The van der Waals surface area contributed by atoms with Gasteiger partial charge in [-0.05, 0) is 26.7 Å². The normalized spacial score (nSPS) is 16.6. The van der Waals surface area contributed by atoms with E-state index in [1.807, 2.05) is 24.1 Å². The Labute approximate surface area is 138 Å². The third-order valence-corrected chi connectivity index (χ3v) is 4.47. The van der Waals surface area contributed by atoms with Gasteiger partial charge in [0.15, 0.2) is 0 Å². The number of nitrogens with zero attached hydrogens (tertiary/aromatic N) is 4. The highest BCUT2D eigenvalue weighted by Gasteiger charge is 2.27. The van der Waals surface area contributed by atoms with E-state index in [1.54, 1.807) is 4.68 Å². The maximum Gasteiger partial charge on any atom is 0.245 e. The topological polar surface area (TPSA) is 74.0 Å². The Morgan fingerprint density at radius 2 is 2.26 bits per heavy atom. The molecule has 0 bridgehead atoms. The molecule has 0 unspecified atom stereocenters. The van der Waals surface area contributed by atoms with Gasteiger partial charge >= 0.3 is 0 Å². The fraction of sp³-hybridized carbons (Fsp3) is 0.706. The molecule has 1 heterocycles. The average molecular weight is 317 g/mol. The number of nitriles is 1. The lowest BCUT2D eigenvalue weighted by atomic mass is 9.94. The molecule has 1 aliphatic carbocycles. The highest BCUT2D eigenvalue weighted by Crippen LogP contribution is 2.23. The first kappa shape index (κ1) is 17.3. The Bertz CT molecular complexity index is 541. The fourth-order valence-corrected chi connectivity index (χ4v) is 3.25. The monoisotopic (exact) mass is 317 g/mol. The van der Waals surface area contributed by atoms with E-state index in [9.17, 15) is 4.79 Å². The highest BCUT2D eigenvalue weighted by atomic mass is 16.2. The first-order valence-corrected chi connectivity index (χ1v) is 8.63. The first-order valence-electron chi connectivity index (χ1n) is 8.63. The molecule has 0 aromatic carbocycles. The SMILES string of the molecule is CCN(C(=O)[C@@H](C)Nc1ccn(CCC#N)n1)C1CCCCC1. The largest absolute Gasteiger partial charge is 0.357 e. The van der Waals surface area contributed by atoms with Crippen LogP contribution in [0.25, 0.3) is 0 Å². The Morgan fingerprint density at radius 1 is 1.52 bits per heavy atom. The molecule has 2 rings (SSSR count). The zero-order valence-corrected chi connectivity index (χ0v) is 14.2. The summed E-state index contributed by atoms with van der Waals surface area (Å²) >= 11 is 0. The molecular weight excluding hydrogens is 290 g/mol. The maximum absolute atomic E-state index is 12.7. The van der Waals surface area contributed by atoms with Crippen LogP contribution >= 0.6 is 0 Å². The minimum absolute atomic E-state index is 0.144. The van der Waals surface area contributed by atoms with E-state index in [2.05, 4.69) is 23.4 Å². The van der Waals surface area contributed by atoms with Crippen molar-refractivity contribution in [3.8, 4) is 6.07 Å². The van der Waals surface area contributed by atoms with Crippen LogP contribution in [-0.4, -0.2) is 39.2 Å².